The lowest BCUT2D eigenvalue weighted by Gasteiger charge is -2.09. The van der Waals surface area contributed by atoms with Crippen LogP contribution in [0, 0.1) is 0 Å². The summed E-state index contributed by atoms with van der Waals surface area (Å²) in [5.41, 5.74) is 0. The van der Waals surface area contributed by atoms with Crippen LogP contribution >= 0.6 is 0 Å². The summed E-state index contributed by atoms with van der Waals surface area (Å²) in [7, 11) is 0. The average molecular weight is 1550 g/mol. The molecule has 0 aliphatic heterocycles. The summed E-state index contributed by atoms with van der Waals surface area (Å²) in [6.07, 6.45) is 22.1. The van der Waals surface area contributed by atoms with Gasteiger partial charge in [-0.1, -0.05) is 103 Å². The first kappa shape index (κ1) is 105. The Morgan fingerprint density at radius 1 is 0.104 bits per heavy atom. The fourth-order valence-corrected chi connectivity index (χ4v) is 9.08. The van der Waals surface area contributed by atoms with Crippen molar-refractivity contribution in [3.8, 4) is 0 Å². The van der Waals surface area contributed by atoms with E-state index in [0.29, 0.717) is 377 Å². The van der Waals surface area contributed by atoms with Gasteiger partial charge in [0.2, 0.25) is 0 Å². The molecule has 0 atom stereocenters. The zero-order valence-electron chi connectivity index (χ0n) is 66.3. The maximum atomic E-state index is 8.62. The van der Waals surface area contributed by atoms with Crippen molar-refractivity contribution in [3.05, 3.63) is 0 Å². The topological polar surface area (TPSA) is 288 Å². The predicted octanol–water partition coefficient (Wildman–Crippen LogP) is 6.72. The molecule has 638 valence electrons. The molecule has 30 nitrogen and oxygen atoms in total. The molecule has 106 heavy (non-hydrogen) atoms. The quantitative estimate of drug-likeness (QED) is 0.0618. The Bertz CT molecular complexity index is 1370. The van der Waals surface area contributed by atoms with Crippen molar-refractivity contribution in [1.29, 1.82) is 0 Å². The zero-order chi connectivity index (χ0) is 75.5. The van der Waals surface area contributed by atoms with Crippen LogP contribution in [0.1, 0.15) is 110 Å². The van der Waals surface area contributed by atoms with Crippen LogP contribution in [0.25, 0.3) is 0 Å². The minimum Gasteiger partial charge on any atom is -0.394 e. The molecule has 0 spiro atoms. The zero-order valence-corrected chi connectivity index (χ0v) is 66.3. The molecule has 0 unspecified atom stereocenters. The van der Waals surface area contributed by atoms with Crippen LogP contribution in [0.2, 0.25) is 0 Å². The van der Waals surface area contributed by atoms with Gasteiger partial charge < -0.3 is 142 Å². The van der Waals surface area contributed by atoms with E-state index in [2.05, 4.69) is 6.92 Å². The molecule has 30 heteroatoms. The van der Waals surface area contributed by atoms with Crippen LogP contribution in [0.5, 0.6) is 0 Å². The van der Waals surface area contributed by atoms with Crippen molar-refractivity contribution in [2.45, 2.75) is 110 Å². The Hall–Kier alpha value is -1.20. The predicted molar refractivity (Wildman–Crippen MR) is 400 cm³/mol. The Labute approximate surface area is 639 Å². The number of ether oxygens (including phenoxy) is 29. The van der Waals surface area contributed by atoms with E-state index in [1.165, 1.54) is 96.3 Å². The smallest absolute Gasteiger partial charge is 0.0701 e. The highest BCUT2D eigenvalue weighted by Crippen LogP contribution is 2.14. The average Bonchev–Trinajstić information content (AvgIpc) is 3.85. The van der Waals surface area contributed by atoms with Crippen molar-refractivity contribution >= 4 is 0 Å². The second-order valence-electron chi connectivity index (χ2n) is 23.8. The summed E-state index contributed by atoms with van der Waals surface area (Å²) >= 11 is 0. The van der Waals surface area contributed by atoms with Gasteiger partial charge in [0.15, 0.2) is 0 Å². The Morgan fingerprint density at radius 3 is 0.292 bits per heavy atom. The molecule has 0 radical (unpaired) electrons. The van der Waals surface area contributed by atoms with E-state index in [0.717, 1.165) is 13.0 Å². The molecule has 0 saturated carbocycles. The van der Waals surface area contributed by atoms with Crippen molar-refractivity contribution in [2.24, 2.45) is 0 Å². The summed E-state index contributed by atoms with van der Waals surface area (Å²) in [5, 5.41) is 8.62. The molecule has 0 fully saturated rings. The molecule has 0 heterocycles. The highest BCUT2D eigenvalue weighted by atomic mass is 16.6. The molecule has 0 aliphatic rings. The van der Waals surface area contributed by atoms with Crippen molar-refractivity contribution in [3.63, 3.8) is 0 Å². The molecule has 0 rings (SSSR count). The second kappa shape index (κ2) is 104. The van der Waals surface area contributed by atoms with E-state index < -0.39 is 0 Å². The minimum atomic E-state index is 0.0169. The lowest BCUT2D eigenvalue weighted by molar-refractivity contribution is -0.0324. The third-order valence-electron chi connectivity index (χ3n) is 14.8. The number of aliphatic hydroxyl groups is 1. The van der Waals surface area contributed by atoms with Gasteiger partial charge in [-0.25, -0.2) is 0 Å². The van der Waals surface area contributed by atoms with Gasteiger partial charge in [0.25, 0.3) is 0 Å². The van der Waals surface area contributed by atoms with Gasteiger partial charge in [-0.15, -0.1) is 0 Å². The molecule has 0 bridgehead atoms. The standard InChI is InChI=1S/C76H154O30/c1-2-3-4-5-6-7-8-9-10-11-12-13-14-15-16-17-19-78-21-23-80-25-27-82-29-31-84-33-35-86-37-39-88-41-43-90-45-47-92-49-51-94-53-55-96-57-59-98-61-63-100-65-67-102-69-71-104-73-75-106-76-74-105-72-70-103-68-66-101-64-62-99-60-58-97-56-54-95-52-50-93-48-46-91-44-42-89-40-38-87-36-34-85-32-30-83-28-26-81-24-22-79-20-18-77/h77H,2-76H2,1H3. The Balaban J connectivity index is 3.09. The van der Waals surface area contributed by atoms with E-state index in [9.17, 15) is 0 Å². The lowest BCUT2D eigenvalue weighted by atomic mass is 10.0. The van der Waals surface area contributed by atoms with Gasteiger partial charge in [-0.05, 0) is 6.42 Å². The van der Waals surface area contributed by atoms with Gasteiger partial charge in [-0.2, -0.15) is 0 Å². The Morgan fingerprint density at radius 2 is 0.189 bits per heavy atom. The molecule has 1 N–H and O–H groups in total. The number of aliphatic hydroxyl groups excluding tert-OH is 1. The number of unbranched alkanes of at least 4 members (excludes halogenated alkanes) is 15. The Kier molecular flexibility index (Phi) is 103. The minimum absolute atomic E-state index is 0.0169. The van der Waals surface area contributed by atoms with Crippen LogP contribution in [0.3, 0.4) is 0 Å². The molecule has 0 aliphatic carbocycles. The molecule has 0 aromatic rings. The van der Waals surface area contributed by atoms with Crippen LogP contribution in [0.4, 0.5) is 0 Å². The highest BCUT2D eigenvalue weighted by molar-refractivity contribution is 4.52. The van der Waals surface area contributed by atoms with Gasteiger partial charge in [0, 0.05) is 6.61 Å². The lowest BCUT2D eigenvalue weighted by Crippen LogP contribution is -2.16. The maximum absolute atomic E-state index is 8.62. The maximum Gasteiger partial charge on any atom is 0.0701 e. The SMILES string of the molecule is CCCCCCCCCCCCCCCCCCOCCOCCOCCOCCOCCOCCOCCOCCOCCOCCOCCOCCOCCOCCOCCOCCOCCOCCOCCOCCOCCOCCOCCOCCOCCOCCOCCOCCOCCO. The van der Waals surface area contributed by atoms with Crippen molar-refractivity contribution in [1.82, 2.24) is 0 Å². The summed E-state index contributed by atoms with van der Waals surface area (Å²) in [4.78, 5) is 0. The molecule has 0 amide bonds. The molecular weight excluding hydrogens is 1390 g/mol. The monoisotopic (exact) mass is 1550 g/mol. The first-order chi connectivity index (χ1) is 52.9. The second-order valence-corrected chi connectivity index (χ2v) is 23.8. The fourth-order valence-electron chi connectivity index (χ4n) is 9.08. The van der Waals surface area contributed by atoms with Crippen molar-refractivity contribution in [2.75, 3.05) is 390 Å². The van der Waals surface area contributed by atoms with Crippen LogP contribution in [-0.4, -0.2) is 395 Å². The molecule has 0 aromatic carbocycles. The summed E-state index contributed by atoms with van der Waals surface area (Å²) < 4.78 is 160. The molecular formula is C76H154O30. The van der Waals surface area contributed by atoms with E-state index in [1.807, 2.05) is 0 Å². The number of hydrogen-bond acceptors (Lipinski definition) is 30. The third-order valence-corrected chi connectivity index (χ3v) is 14.8. The van der Waals surface area contributed by atoms with Gasteiger partial charge in [-0.3, -0.25) is 0 Å². The van der Waals surface area contributed by atoms with Crippen LogP contribution in [-0.2, 0) is 137 Å². The summed E-state index contributed by atoms with van der Waals surface area (Å²) in [5.74, 6) is 0. The number of rotatable bonds is 103. The first-order valence-electron chi connectivity index (χ1n) is 40.3. The number of hydrogen-bond donors (Lipinski definition) is 1. The van der Waals surface area contributed by atoms with Gasteiger partial charge >= 0.3 is 0 Å². The van der Waals surface area contributed by atoms with E-state index >= 15 is 0 Å². The van der Waals surface area contributed by atoms with Crippen LogP contribution in [0.15, 0.2) is 0 Å². The van der Waals surface area contributed by atoms with E-state index in [4.69, 9.17) is 142 Å². The van der Waals surface area contributed by atoms with Crippen LogP contribution < -0.4 is 0 Å². The first-order valence-corrected chi connectivity index (χ1v) is 40.3. The third kappa shape index (κ3) is 103. The summed E-state index contributed by atoms with van der Waals surface area (Å²) in [6, 6.07) is 0. The van der Waals surface area contributed by atoms with E-state index in [-0.39, 0.29) is 6.61 Å². The molecule has 0 aromatic heterocycles. The fraction of sp³-hybridized carbons (Fsp3) is 1.00. The highest BCUT2D eigenvalue weighted by Gasteiger charge is 2.03. The van der Waals surface area contributed by atoms with Gasteiger partial charge in [0.05, 0.1) is 383 Å². The van der Waals surface area contributed by atoms with Gasteiger partial charge in [0.1, 0.15) is 0 Å². The molecule has 0 saturated heterocycles. The summed E-state index contributed by atoms with van der Waals surface area (Å²) in [6.45, 7) is 31.2. The van der Waals surface area contributed by atoms with Crippen molar-refractivity contribution < 1.29 is 142 Å². The van der Waals surface area contributed by atoms with E-state index in [1.54, 1.807) is 0 Å². The normalized spacial score (nSPS) is 11.8. The largest absolute Gasteiger partial charge is 0.394 e.